The van der Waals surface area contributed by atoms with Crippen LogP contribution in [0.1, 0.15) is 5.56 Å². The summed E-state index contributed by atoms with van der Waals surface area (Å²) in [4.78, 5) is 0. The lowest BCUT2D eigenvalue weighted by atomic mass is 10.2. The van der Waals surface area contributed by atoms with Crippen molar-refractivity contribution >= 4 is 0 Å². The van der Waals surface area contributed by atoms with Crippen molar-refractivity contribution in [1.29, 1.82) is 0 Å². The molecule has 78 valence electrons. The highest BCUT2D eigenvalue weighted by Crippen LogP contribution is 2.30. The number of rotatable bonds is 3. The van der Waals surface area contributed by atoms with Crippen molar-refractivity contribution in [3.05, 3.63) is 29.8 Å². The van der Waals surface area contributed by atoms with E-state index in [-0.39, 0.29) is 12.4 Å². The van der Waals surface area contributed by atoms with Gasteiger partial charge >= 0.3 is 6.18 Å². The van der Waals surface area contributed by atoms with Crippen LogP contribution >= 0.6 is 0 Å². The van der Waals surface area contributed by atoms with Crippen molar-refractivity contribution in [2.24, 2.45) is 0 Å². The second-order valence-corrected chi connectivity index (χ2v) is 2.56. The summed E-state index contributed by atoms with van der Waals surface area (Å²) in [5.74, 6) is 0.232. The zero-order valence-corrected chi connectivity index (χ0v) is 7.14. The third-order valence-corrected chi connectivity index (χ3v) is 1.53. The van der Waals surface area contributed by atoms with Gasteiger partial charge in [0.1, 0.15) is 19.0 Å². The smallest absolute Gasteiger partial charge is 0.416 e. The van der Waals surface area contributed by atoms with E-state index in [1.807, 2.05) is 0 Å². The second kappa shape index (κ2) is 4.30. The third-order valence-electron chi connectivity index (χ3n) is 1.53. The second-order valence-electron chi connectivity index (χ2n) is 2.56. The van der Waals surface area contributed by atoms with Gasteiger partial charge in [0, 0.05) is 0 Å². The molecule has 0 aromatic heterocycles. The molecule has 0 saturated carbocycles. The number of benzene rings is 1. The summed E-state index contributed by atoms with van der Waals surface area (Å²) in [5, 5.41) is 0. The maximum Gasteiger partial charge on any atom is 0.416 e. The quantitative estimate of drug-likeness (QED) is 0.693. The molecule has 0 radical (unpaired) electrons. The summed E-state index contributed by atoms with van der Waals surface area (Å²) in [6.45, 7) is -0.813. The van der Waals surface area contributed by atoms with Crippen LogP contribution < -0.4 is 4.74 Å². The average molecular weight is 208 g/mol. The van der Waals surface area contributed by atoms with E-state index in [1.54, 1.807) is 0 Å². The Morgan fingerprint density at radius 1 is 1.07 bits per heavy atom. The molecule has 1 aromatic carbocycles. The van der Waals surface area contributed by atoms with Gasteiger partial charge < -0.3 is 4.74 Å². The number of hydrogen-bond acceptors (Lipinski definition) is 1. The molecule has 0 unspecified atom stereocenters. The van der Waals surface area contributed by atoms with Crippen molar-refractivity contribution in [2.45, 2.75) is 6.18 Å². The molecular weight excluding hydrogens is 200 g/mol. The first kappa shape index (κ1) is 10.8. The minimum Gasteiger partial charge on any atom is -0.491 e. The van der Waals surface area contributed by atoms with Crippen LogP contribution in [0.15, 0.2) is 24.3 Å². The Labute approximate surface area is 78.3 Å². The highest BCUT2D eigenvalue weighted by Gasteiger charge is 2.29. The van der Waals surface area contributed by atoms with E-state index in [9.17, 15) is 17.6 Å². The van der Waals surface area contributed by atoms with E-state index in [2.05, 4.69) is 0 Å². The van der Waals surface area contributed by atoms with Gasteiger partial charge in [0.05, 0.1) is 5.56 Å². The fraction of sp³-hybridized carbons (Fsp3) is 0.333. The number of hydrogen-bond donors (Lipinski definition) is 0. The molecule has 1 aromatic rings. The summed E-state index contributed by atoms with van der Waals surface area (Å²) >= 11 is 0. The van der Waals surface area contributed by atoms with Crippen molar-refractivity contribution in [3.63, 3.8) is 0 Å². The summed E-state index contributed by atoms with van der Waals surface area (Å²) < 4.78 is 52.6. The highest BCUT2D eigenvalue weighted by molar-refractivity contribution is 5.28. The average Bonchev–Trinajstić information content (AvgIpc) is 2.14. The third kappa shape index (κ3) is 2.90. The molecule has 1 nitrogen and oxygen atoms in total. The van der Waals surface area contributed by atoms with Crippen LogP contribution in [0.2, 0.25) is 0 Å². The van der Waals surface area contributed by atoms with Crippen molar-refractivity contribution in [2.75, 3.05) is 13.3 Å². The molecule has 1 rings (SSSR count). The minimum atomic E-state index is -4.35. The standard InChI is InChI=1S/C9H8F4O/c10-5-6-14-8-3-1-7(2-4-8)9(11,12)13/h1-4H,5-6H2. The number of halogens is 4. The number of alkyl halides is 4. The Morgan fingerprint density at radius 3 is 2.07 bits per heavy atom. The van der Waals surface area contributed by atoms with E-state index in [0.29, 0.717) is 0 Å². The zero-order chi connectivity index (χ0) is 10.6. The predicted octanol–water partition coefficient (Wildman–Crippen LogP) is 3.05. The van der Waals surface area contributed by atoms with Crippen LogP contribution in [0.5, 0.6) is 5.75 Å². The SMILES string of the molecule is FCCOc1ccc(C(F)(F)F)cc1. The maximum atomic E-state index is 12.1. The van der Waals surface area contributed by atoms with Gasteiger partial charge in [0.2, 0.25) is 0 Å². The lowest BCUT2D eigenvalue weighted by molar-refractivity contribution is -0.137. The van der Waals surface area contributed by atoms with Crippen LogP contribution in [0.25, 0.3) is 0 Å². The lowest BCUT2D eigenvalue weighted by Gasteiger charge is -2.07. The lowest BCUT2D eigenvalue weighted by Crippen LogP contribution is -2.05. The molecule has 0 aliphatic carbocycles. The van der Waals surface area contributed by atoms with Gasteiger partial charge in [0.15, 0.2) is 0 Å². The molecule has 0 bridgehead atoms. The Hall–Kier alpha value is -1.26. The first-order chi connectivity index (χ1) is 6.54. The number of ether oxygens (including phenoxy) is 1. The molecule has 0 spiro atoms. The van der Waals surface area contributed by atoms with Gasteiger partial charge in [-0.25, -0.2) is 4.39 Å². The maximum absolute atomic E-state index is 12.1. The molecule has 0 aliphatic heterocycles. The molecule has 0 aliphatic rings. The molecule has 0 fully saturated rings. The van der Waals surface area contributed by atoms with E-state index >= 15 is 0 Å². The van der Waals surface area contributed by atoms with E-state index in [4.69, 9.17) is 4.74 Å². The van der Waals surface area contributed by atoms with E-state index < -0.39 is 18.4 Å². The van der Waals surface area contributed by atoms with Crippen LogP contribution in [-0.4, -0.2) is 13.3 Å². The fourth-order valence-electron chi connectivity index (χ4n) is 0.897. The monoisotopic (exact) mass is 208 g/mol. The van der Waals surface area contributed by atoms with Crippen molar-refractivity contribution < 1.29 is 22.3 Å². The van der Waals surface area contributed by atoms with Crippen LogP contribution in [0.4, 0.5) is 17.6 Å². The topological polar surface area (TPSA) is 9.23 Å². The molecule has 0 amide bonds. The molecule has 0 N–H and O–H groups in total. The predicted molar refractivity (Wildman–Crippen MR) is 42.9 cm³/mol. The highest BCUT2D eigenvalue weighted by atomic mass is 19.4. The molecule has 5 heteroatoms. The largest absolute Gasteiger partial charge is 0.491 e. The van der Waals surface area contributed by atoms with Crippen molar-refractivity contribution in [3.8, 4) is 5.75 Å². The summed E-state index contributed by atoms with van der Waals surface area (Å²) in [5.41, 5.74) is -0.745. The molecule has 0 heterocycles. The van der Waals surface area contributed by atoms with E-state index in [0.717, 1.165) is 12.1 Å². The Balaban J connectivity index is 2.69. The fourth-order valence-corrected chi connectivity index (χ4v) is 0.897. The van der Waals surface area contributed by atoms with Gasteiger partial charge in [-0.1, -0.05) is 0 Å². The minimum absolute atomic E-state index is 0.147. The van der Waals surface area contributed by atoms with Crippen LogP contribution in [0, 0.1) is 0 Å². The van der Waals surface area contributed by atoms with Gasteiger partial charge in [0.25, 0.3) is 0 Å². The molecule has 14 heavy (non-hydrogen) atoms. The van der Waals surface area contributed by atoms with E-state index in [1.165, 1.54) is 12.1 Å². The summed E-state index contributed by atoms with van der Waals surface area (Å²) in [7, 11) is 0. The first-order valence-electron chi connectivity index (χ1n) is 3.90. The zero-order valence-electron chi connectivity index (χ0n) is 7.14. The normalized spacial score (nSPS) is 11.4. The Morgan fingerprint density at radius 2 is 1.64 bits per heavy atom. The summed E-state index contributed by atoms with van der Waals surface area (Å²) in [6.07, 6.45) is -4.35. The molecule has 0 atom stereocenters. The van der Waals surface area contributed by atoms with Gasteiger partial charge in [-0.15, -0.1) is 0 Å². The van der Waals surface area contributed by atoms with Gasteiger partial charge in [-0.3, -0.25) is 0 Å². The van der Waals surface area contributed by atoms with Crippen LogP contribution in [0.3, 0.4) is 0 Å². The molecule has 0 saturated heterocycles. The van der Waals surface area contributed by atoms with Gasteiger partial charge in [-0.05, 0) is 24.3 Å². The Kier molecular flexibility index (Phi) is 3.33. The van der Waals surface area contributed by atoms with Crippen LogP contribution in [-0.2, 0) is 6.18 Å². The Bertz CT molecular complexity index is 278. The first-order valence-corrected chi connectivity index (χ1v) is 3.90. The molecular formula is C9H8F4O. The van der Waals surface area contributed by atoms with Crippen molar-refractivity contribution in [1.82, 2.24) is 0 Å². The summed E-state index contributed by atoms with van der Waals surface area (Å²) in [6, 6.07) is 4.12. The van der Waals surface area contributed by atoms with Gasteiger partial charge in [-0.2, -0.15) is 13.2 Å².